The van der Waals surface area contributed by atoms with E-state index in [9.17, 15) is 22.4 Å². The van der Waals surface area contributed by atoms with Crippen molar-refractivity contribution < 1.29 is 22.4 Å². The molecule has 0 heterocycles. The first-order chi connectivity index (χ1) is 11.9. The third-order valence-corrected chi connectivity index (χ3v) is 4.97. The van der Waals surface area contributed by atoms with E-state index in [1.54, 1.807) is 28.6 Å². The van der Waals surface area contributed by atoms with Gasteiger partial charge in [-0.05, 0) is 48.6 Å². The van der Waals surface area contributed by atoms with Gasteiger partial charge < -0.3 is 5.73 Å². The maximum Gasteiger partial charge on any atom is 0.248 e. The number of primary amides is 1. The SMILES string of the molecule is NC(=O)c1ccc(CN(Sc2cc(F)c(F)c(F)c2F)C2CC2)cc1. The Morgan fingerprint density at radius 2 is 1.72 bits per heavy atom. The summed E-state index contributed by atoms with van der Waals surface area (Å²) in [5.41, 5.74) is 6.38. The second kappa shape index (κ2) is 7.05. The first-order valence-electron chi connectivity index (χ1n) is 7.53. The molecule has 1 amide bonds. The predicted octanol–water partition coefficient (Wildman–Crippen LogP) is 4.01. The van der Waals surface area contributed by atoms with Crippen molar-refractivity contribution in [3.63, 3.8) is 0 Å². The Bertz CT molecular complexity index is 809. The lowest BCUT2D eigenvalue weighted by molar-refractivity contribution is 0.100. The summed E-state index contributed by atoms with van der Waals surface area (Å²) in [6.07, 6.45) is 1.75. The number of rotatable bonds is 6. The van der Waals surface area contributed by atoms with Crippen molar-refractivity contribution in [2.45, 2.75) is 30.3 Å². The van der Waals surface area contributed by atoms with Crippen LogP contribution in [0.4, 0.5) is 17.6 Å². The van der Waals surface area contributed by atoms with Gasteiger partial charge in [-0.1, -0.05) is 12.1 Å². The van der Waals surface area contributed by atoms with Crippen molar-refractivity contribution in [2.24, 2.45) is 5.73 Å². The number of nitrogens with zero attached hydrogens (tertiary/aromatic N) is 1. The van der Waals surface area contributed by atoms with E-state index in [-0.39, 0.29) is 10.9 Å². The summed E-state index contributed by atoms with van der Waals surface area (Å²) in [6, 6.07) is 7.35. The van der Waals surface area contributed by atoms with Gasteiger partial charge in [0, 0.05) is 18.2 Å². The fourth-order valence-corrected chi connectivity index (χ4v) is 3.45. The maximum absolute atomic E-state index is 13.9. The molecule has 1 fully saturated rings. The Morgan fingerprint density at radius 3 is 2.28 bits per heavy atom. The van der Waals surface area contributed by atoms with Gasteiger partial charge in [0.2, 0.25) is 5.91 Å². The molecule has 0 aliphatic heterocycles. The monoisotopic (exact) mass is 370 g/mol. The topological polar surface area (TPSA) is 46.3 Å². The second-order valence-corrected chi connectivity index (χ2v) is 6.85. The molecule has 0 atom stereocenters. The van der Waals surface area contributed by atoms with E-state index in [4.69, 9.17) is 5.73 Å². The minimum atomic E-state index is -1.82. The molecule has 0 unspecified atom stereocenters. The van der Waals surface area contributed by atoms with E-state index in [0.717, 1.165) is 30.4 Å². The summed E-state index contributed by atoms with van der Waals surface area (Å²) in [6.45, 7) is 0.369. The van der Waals surface area contributed by atoms with Crippen LogP contribution in [0.5, 0.6) is 0 Å². The van der Waals surface area contributed by atoms with Crippen LogP contribution in [0.1, 0.15) is 28.8 Å². The smallest absolute Gasteiger partial charge is 0.248 e. The molecule has 3 nitrogen and oxygen atoms in total. The average Bonchev–Trinajstić information content (AvgIpc) is 3.42. The summed E-state index contributed by atoms with van der Waals surface area (Å²) in [5.74, 6) is -7.01. The minimum absolute atomic E-state index is 0.136. The van der Waals surface area contributed by atoms with Crippen molar-refractivity contribution in [2.75, 3.05) is 0 Å². The molecule has 25 heavy (non-hydrogen) atoms. The van der Waals surface area contributed by atoms with Gasteiger partial charge in [-0.25, -0.2) is 21.9 Å². The van der Waals surface area contributed by atoms with Crippen molar-refractivity contribution in [3.8, 4) is 0 Å². The van der Waals surface area contributed by atoms with Crippen LogP contribution >= 0.6 is 11.9 Å². The Balaban J connectivity index is 1.80. The highest BCUT2D eigenvalue weighted by Gasteiger charge is 2.31. The zero-order chi connectivity index (χ0) is 18.1. The molecule has 0 radical (unpaired) electrons. The van der Waals surface area contributed by atoms with Crippen molar-refractivity contribution in [1.29, 1.82) is 0 Å². The Labute approximate surface area is 145 Å². The largest absolute Gasteiger partial charge is 0.366 e. The lowest BCUT2D eigenvalue weighted by atomic mass is 10.1. The molecule has 0 saturated heterocycles. The average molecular weight is 370 g/mol. The van der Waals surface area contributed by atoms with Crippen LogP contribution in [0.15, 0.2) is 35.2 Å². The van der Waals surface area contributed by atoms with Crippen LogP contribution in [0.2, 0.25) is 0 Å². The molecule has 0 bridgehead atoms. The van der Waals surface area contributed by atoms with Gasteiger partial charge in [0.05, 0.1) is 4.90 Å². The molecule has 0 spiro atoms. The molecule has 1 aliphatic carbocycles. The number of nitrogens with two attached hydrogens (primary N) is 1. The van der Waals surface area contributed by atoms with Gasteiger partial charge in [-0.2, -0.15) is 0 Å². The van der Waals surface area contributed by atoms with Gasteiger partial charge in [0.25, 0.3) is 0 Å². The first kappa shape index (κ1) is 17.8. The number of carbonyl (C=O) groups excluding carboxylic acids is 1. The van der Waals surface area contributed by atoms with E-state index in [1.165, 1.54) is 0 Å². The highest BCUT2D eigenvalue weighted by atomic mass is 32.2. The fourth-order valence-electron chi connectivity index (χ4n) is 2.30. The van der Waals surface area contributed by atoms with Gasteiger partial charge in [0.1, 0.15) is 0 Å². The Kier molecular flexibility index (Phi) is 5.01. The summed E-state index contributed by atoms with van der Waals surface area (Å²) in [5, 5.41) is 0. The van der Waals surface area contributed by atoms with E-state index >= 15 is 0 Å². The number of amides is 1. The highest BCUT2D eigenvalue weighted by Crippen LogP contribution is 2.39. The lowest BCUT2D eigenvalue weighted by Gasteiger charge is -2.21. The number of hydrogen-bond acceptors (Lipinski definition) is 3. The van der Waals surface area contributed by atoms with Gasteiger partial charge in [-0.3, -0.25) is 4.79 Å². The summed E-state index contributed by atoms with van der Waals surface area (Å²) < 4.78 is 55.5. The summed E-state index contributed by atoms with van der Waals surface area (Å²) in [4.78, 5) is 10.8. The van der Waals surface area contributed by atoms with Gasteiger partial charge >= 0.3 is 0 Å². The quantitative estimate of drug-likeness (QED) is 0.362. The summed E-state index contributed by atoms with van der Waals surface area (Å²) in [7, 11) is 0. The van der Waals surface area contributed by atoms with Crippen LogP contribution < -0.4 is 5.73 Å². The van der Waals surface area contributed by atoms with Crippen molar-refractivity contribution in [1.82, 2.24) is 4.31 Å². The lowest BCUT2D eigenvalue weighted by Crippen LogP contribution is -2.18. The van der Waals surface area contributed by atoms with E-state index in [1.807, 2.05) is 0 Å². The third-order valence-electron chi connectivity index (χ3n) is 3.82. The first-order valence-corrected chi connectivity index (χ1v) is 8.30. The molecule has 2 aromatic rings. The van der Waals surface area contributed by atoms with Crippen LogP contribution in [-0.2, 0) is 6.54 Å². The van der Waals surface area contributed by atoms with E-state index < -0.39 is 29.2 Å². The molecular weight excluding hydrogens is 356 g/mol. The minimum Gasteiger partial charge on any atom is -0.366 e. The van der Waals surface area contributed by atoms with Crippen LogP contribution in [0, 0.1) is 23.3 Å². The summed E-state index contributed by atoms with van der Waals surface area (Å²) >= 11 is 0.848. The normalized spacial score (nSPS) is 14.1. The Morgan fingerprint density at radius 1 is 1.08 bits per heavy atom. The van der Waals surface area contributed by atoms with Crippen LogP contribution in [-0.4, -0.2) is 16.3 Å². The van der Waals surface area contributed by atoms with E-state index in [0.29, 0.717) is 18.2 Å². The Hall–Kier alpha value is -2.06. The molecule has 1 aliphatic rings. The molecule has 2 N–H and O–H groups in total. The van der Waals surface area contributed by atoms with Gasteiger partial charge in [-0.15, -0.1) is 0 Å². The van der Waals surface area contributed by atoms with Gasteiger partial charge in [0.15, 0.2) is 23.3 Å². The maximum atomic E-state index is 13.9. The third kappa shape index (κ3) is 3.96. The van der Waals surface area contributed by atoms with Crippen LogP contribution in [0.3, 0.4) is 0 Å². The fraction of sp³-hybridized carbons (Fsp3) is 0.235. The molecule has 1 saturated carbocycles. The standard InChI is InChI=1S/C17H14F4N2OS/c18-12-7-13(15(20)16(21)14(12)19)25-23(11-5-6-11)8-9-1-3-10(4-2-9)17(22)24/h1-4,7,11H,5-6,8H2,(H2,22,24). The number of hydrogen-bond donors (Lipinski definition) is 1. The predicted molar refractivity (Wildman–Crippen MR) is 85.7 cm³/mol. The van der Waals surface area contributed by atoms with Crippen LogP contribution in [0.25, 0.3) is 0 Å². The van der Waals surface area contributed by atoms with Crippen molar-refractivity contribution in [3.05, 3.63) is 64.7 Å². The van der Waals surface area contributed by atoms with Crippen molar-refractivity contribution >= 4 is 17.9 Å². The molecule has 132 valence electrons. The molecule has 3 rings (SSSR count). The zero-order valence-electron chi connectivity index (χ0n) is 12.9. The number of halogens is 4. The molecule has 8 heteroatoms. The zero-order valence-corrected chi connectivity index (χ0v) is 13.8. The number of benzene rings is 2. The van der Waals surface area contributed by atoms with E-state index in [2.05, 4.69) is 0 Å². The number of carbonyl (C=O) groups is 1. The molecular formula is C17H14F4N2OS. The highest BCUT2D eigenvalue weighted by molar-refractivity contribution is 7.97. The molecule has 0 aromatic heterocycles. The molecule has 2 aromatic carbocycles. The second-order valence-electron chi connectivity index (χ2n) is 5.76.